The van der Waals surface area contributed by atoms with Gasteiger partial charge in [-0.3, -0.25) is 0 Å². The van der Waals surface area contributed by atoms with Crippen molar-refractivity contribution in [2.24, 2.45) is 0 Å². The molecule has 3 heteroatoms. The van der Waals surface area contributed by atoms with Crippen LogP contribution in [0.15, 0.2) is 174 Å². The summed E-state index contributed by atoms with van der Waals surface area (Å²) in [7, 11) is 0. The zero-order chi connectivity index (χ0) is 32.1. The molecule has 3 aromatic heterocycles. The molecule has 0 saturated carbocycles. The van der Waals surface area contributed by atoms with Crippen LogP contribution in [0.3, 0.4) is 0 Å². The van der Waals surface area contributed by atoms with E-state index >= 15 is 0 Å². The summed E-state index contributed by atoms with van der Waals surface area (Å²) in [6.07, 6.45) is 0. The van der Waals surface area contributed by atoms with Gasteiger partial charge in [0.05, 0.1) is 22.1 Å². The number of nitrogens with zero attached hydrogens (tertiary/aromatic N) is 2. The largest absolute Gasteiger partial charge is 0.456 e. The third-order valence-electron chi connectivity index (χ3n) is 10.3. The van der Waals surface area contributed by atoms with Crippen LogP contribution in [0.5, 0.6) is 0 Å². The van der Waals surface area contributed by atoms with Crippen molar-refractivity contribution < 1.29 is 4.42 Å². The normalized spacial score (nSPS) is 12.1. The van der Waals surface area contributed by atoms with Gasteiger partial charge in [0.15, 0.2) is 0 Å². The lowest BCUT2D eigenvalue weighted by molar-refractivity contribution is 0.669. The molecule has 0 aliphatic carbocycles. The van der Waals surface area contributed by atoms with Gasteiger partial charge in [-0.2, -0.15) is 0 Å². The molecule has 0 aliphatic rings. The van der Waals surface area contributed by atoms with Gasteiger partial charge >= 0.3 is 0 Å². The first-order valence-electron chi connectivity index (χ1n) is 16.8. The fourth-order valence-electron chi connectivity index (χ4n) is 8.20. The molecule has 0 bridgehead atoms. The van der Waals surface area contributed by atoms with Crippen molar-refractivity contribution in [3.05, 3.63) is 170 Å². The van der Waals surface area contributed by atoms with Gasteiger partial charge in [-0.15, -0.1) is 0 Å². The molecule has 0 aliphatic heterocycles. The Hall–Kier alpha value is -6.58. The summed E-state index contributed by atoms with van der Waals surface area (Å²) < 4.78 is 11.3. The predicted octanol–water partition coefficient (Wildman–Crippen LogP) is 12.6. The highest BCUT2D eigenvalue weighted by Crippen LogP contribution is 2.43. The van der Waals surface area contributed by atoms with Gasteiger partial charge in [0, 0.05) is 43.7 Å². The van der Waals surface area contributed by atoms with Gasteiger partial charge in [0.1, 0.15) is 11.2 Å². The van der Waals surface area contributed by atoms with E-state index in [0.29, 0.717) is 0 Å². The standard InChI is InChI=1S/C46H28N2O/c1-2-15-32(16-3-1)47-40-22-9-7-19-37(40)45-41(47)25-24-36-35-18-6-8-21-39(35)48(46(36)45)33-17-10-14-31(26-33)34-20-11-23-42-44(34)38-27-29-12-4-5-13-30(29)28-43(38)49-42/h1-28H. The lowest BCUT2D eigenvalue weighted by atomic mass is 9.98. The molecule has 0 amide bonds. The van der Waals surface area contributed by atoms with Crippen molar-refractivity contribution in [2.75, 3.05) is 0 Å². The van der Waals surface area contributed by atoms with Gasteiger partial charge in [-0.05, 0) is 82.6 Å². The molecule has 3 heterocycles. The first-order valence-corrected chi connectivity index (χ1v) is 16.8. The summed E-state index contributed by atoms with van der Waals surface area (Å²) in [5.74, 6) is 0. The number of fused-ring (bicyclic) bond motifs is 11. The maximum absolute atomic E-state index is 6.46. The molecule has 11 rings (SSSR count). The van der Waals surface area contributed by atoms with E-state index in [1.807, 2.05) is 0 Å². The molecule has 0 spiro atoms. The minimum atomic E-state index is 0.903. The Morgan fingerprint density at radius 3 is 1.92 bits per heavy atom. The summed E-state index contributed by atoms with van der Waals surface area (Å²) in [6, 6.07) is 61.2. The Morgan fingerprint density at radius 2 is 1.06 bits per heavy atom. The molecule has 0 radical (unpaired) electrons. The van der Waals surface area contributed by atoms with Crippen LogP contribution in [0.4, 0.5) is 0 Å². The highest BCUT2D eigenvalue weighted by Gasteiger charge is 2.21. The summed E-state index contributed by atoms with van der Waals surface area (Å²) in [4.78, 5) is 0. The topological polar surface area (TPSA) is 23.0 Å². The Kier molecular flexibility index (Phi) is 5.38. The highest BCUT2D eigenvalue weighted by atomic mass is 16.3. The summed E-state index contributed by atoms with van der Waals surface area (Å²) in [5, 5.41) is 9.69. The number of aromatic nitrogens is 2. The maximum atomic E-state index is 6.46. The first-order chi connectivity index (χ1) is 24.3. The van der Waals surface area contributed by atoms with Crippen LogP contribution < -0.4 is 0 Å². The van der Waals surface area contributed by atoms with Gasteiger partial charge in [-0.25, -0.2) is 0 Å². The fourth-order valence-corrected chi connectivity index (χ4v) is 8.20. The van der Waals surface area contributed by atoms with E-state index in [-0.39, 0.29) is 0 Å². The first kappa shape index (κ1) is 26.5. The number of para-hydroxylation sites is 3. The smallest absolute Gasteiger partial charge is 0.136 e. The van der Waals surface area contributed by atoms with E-state index in [1.54, 1.807) is 0 Å². The Balaban J connectivity index is 1.22. The molecule has 0 saturated heterocycles. The van der Waals surface area contributed by atoms with E-state index in [0.717, 1.165) is 38.9 Å². The molecule has 0 unspecified atom stereocenters. The summed E-state index contributed by atoms with van der Waals surface area (Å²) >= 11 is 0. The van der Waals surface area contributed by atoms with Crippen molar-refractivity contribution in [3.8, 4) is 22.5 Å². The number of rotatable bonds is 3. The van der Waals surface area contributed by atoms with Crippen molar-refractivity contribution in [2.45, 2.75) is 0 Å². The minimum Gasteiger partial charge on any atom is -0.456 e. The summed E-state index contributed by atoms with van der Waals surface area (Å²) in [5.41, 5.74) is 11.2. The Bertz CT molecular complexity index is 3100. The van der Waals surface area contributed by atoms with E-state index in [9.17, 15) is 0 Å². The average molecular weight is 625 g/mol. The molecule has 49 heavy (non-hydrogen) atoms. The lowest BCUT2D eigenvalue weighted by Crippen LogP contribution is -1.96. The van der Waals surface area contributed by atoms with Gasteiger partial charge in [0.25, 0.3) is 0 Å². The van der Waals surface area contributed by atoms with Crippen LogP contribution in [0, 0.1) is 0 Å². The number of hydrogen-bond donors (Lipinski definition) is 0. The molecule has 0 N–H and O–H groups in total. The van der Waals surface area contributed by atoms with E-state index in [1.165, 1.54) is 59.9 Å². The van der Waals surface area contributed by atoms with Crippen LogP contribution in [0.25, 0.3) is 98.8 Å². The second-order valence-corrected chi connectivity index (χ2v) is 12.9. The van der Waals surface area contributed by atoms with Crippen LogP contribution in [-0.2, 0) is 0 Å². The van der Waals surface area contributed by atoms with Gasteiger partial charge in [-0.1, -0.05) is 109 Å². The second-order valence-electron chi connectivity index (χ2n) is 12.9. The van der Waals surface area contributed by atoms with E-state index < -0.39 is 0 Å². The van der Waals surface area contributed by atoms with Crippen molar-refractivity contribution in [3.63, 3.8) is 0 Å². The van der Waals surface area contributed by atoms with Crippen LogP contribution in [0.1, 0.15) is 0 Å². The molecule has 0 atom stereocenters. The van der Waals surface area contributed by atoms with Gasteiger partial charge in [0.2, 0.25) is 0 Å². The molecule has 3 nitrogen and oxygen atoms in total. The van der Waals surface area contributed by atoms with Crippen LogP contribution in [-0.4, -0.2) is 9.13 Å². The van der Waals surface area contributed by atoms with Crippen molar-refractivity contribution in [1.29, 1.82) is 0 Å². The monoisotopic (exact) mass is 624 g/mol. The third kappa shape index (κ3) is 3.73. The quantitative estimate of drug-likeness (QED) is 0.192. The fraction of sp³-hybridized carbons (Fsp3) is 0. The van der Waals surface area contributed by atoms with E-state index in [4.69, 9.17) is 4.42 Å². The molecule has 228 valence electrons. The van der Waals surface area contributed by atoms with Gasteiger partial charge < -0.3 is 13.6 Å². The molecular weight excluding hydrogens is 597 g/mol. The highest BCUT2D eigenvalue weighted by molar-refractivity contribution is 6.26. The Morgan fingerprint density at radius 1 is 0.367 bits per heavy atom. The second kappa shape index (κ2) is 9.96. The SMILES string of the molecule is c1ccc(-n2c3ccccc3c3c2ccc2c4ccccc4n(-c4cccc(-c5cccc6oc7cc8ccccc8cc7c56)c4)c23)cc1. The molecule has 0 fully saturated rings. The van der Waals surface area contributed by atoms with Crippen molar-refractivity contribution in [1.82, 2.24) is 9.13 Å². The zero-order valence-corrected chi connectivity index (χ0v) is 26.5. The average Bonchev–Trinajstić information content (AvgIpc) is 3.81. The number of hydrogen-bond acceptors (Lipinski definition) is 1. The van der Waals surface area contributed by atoms with E-state index in [2.05, 4.69) is 179 Å². The summed E-state index contributed by atoms with van der Waals surface area (Å²) in [6.45, 7) is 0. The molecular formula is C46H28N2O. The minimum absolute atomic E-state index is 0.903. The van der Waals surface area contributed by atoms with Crippen molar-refractivity contribution >= 4 is 76.3 Å². The zero-order valence-electron chi connectivity index (χ0n) is 26.5. The molecule has 11 aromatic rings. The predicted molar refractivity (Wildman–Crippen MR) is 205 cm³/mol. The third-order valence-corrected chi connectivity index (χ3v) is 10.3. The molecule has 8 aromatic carbocycles. The van der Waals surface area contributed by atoms with Crippen LogP contribution >= 0.6 is 0 Å². The maximum Gasteiger partial charge on any atom is 0.136 e. The number of furan rings is 1. The van der Waals surface area contributed by atoms with Crippen LogP contribution in [0.2, 0.25) is 0 Å². The number of benzene rings is 8. The lowest BCUT2D eigenvalue weighted by Gasteiger charge is -2.12. The Labute approximate surface area is 281 Å².